The molecule has 1 heterocycles. The van der Waals surface area contributed by atoms with Gasteiger partial charge in [-0.1, -0.05) is 42.5 Å². The Balaban J connectivity index is 1.89. The number of Topliss-reactive ketones (excluding diaryl/α,β-unsaturated/α-hetero) is 1. The van der Waals surface area contributed by atoms with E-state index >= 15 is 0 Å². The first-order valence-corrected chi connectivity index (χ1v) is 7.59. The van der Waals surface area contributed by atoms with Crippen LogP contribution in [0.25, 0.3) is 10.8 Å². The number of carbonyl (C=O) groups is 2. The van der Waals surface area contributed by atoms with E-state index in [2.05, 4.69) is 0 Å². The zero-order valence-corrected chi connectivity index (χ0v) is 12.7. The van der Waals surface area contributed by atoms with E-state index in [-0.39, 0.29) is 11.7 Å². The molecule has 0 saturated heterocycles. The number of anilines is 1. The van der Waals surface area contributed by atoms with Gasteiger partial charge in [0.25, 0.3) is 5.91 Å². The van der Waals surface area contributed by atoms with Gasteiger partial charge in [0, 0.05) is 16.5 Å². The van der Waals surface area contributed by atoms with Crippen molar-refractivity contribution in [3.8, 4) is 0 Å². The van der Waals surface area contributed by atoms with Crippen LogP contribution in [0.5, 0.6) is 0 Å². The van der Waals surface area contributed by atoms with Gasteiger partial charge in [-0.05, 0) is 36.1 Å². The second-order valence-corrected chi connectivity index (χ2v) is 5.79. The Labute approximate surface area is 134 Å². The van der Waals surface area contributed by atoms with Crippen molar-refractivity contribution in [1.82, 2.24) is 0 Å². The maximum absolute atomic E-state index is 12.8. The van der Waals surface area contributed by atoms with Gasteiger partial charge in [-0.2, -0.15) is 0 Å². The van der Waals surface area contributed by atoms with Gasteiger partial charge in [-0.15, -0.1) is 0 Å². The summed E-state index contributed by atoms with van der Waals surface area (Å²) in [5.41, 5.74) is 3.31. The predicted octanol–water partition coefficient (Wildman–Crippen LogP) is 4.20. The van der Waals surface area contributed by atoms with E-state index in [4.69, 9.17) is 0 Å². The first-order valence-electron chi connectivity index (χ1n) is 7.59. The highest BCUT2D eigenvalue weighted by Gasteiger charge is 2.30. The molecule has 3 nitrogen and oxygen atoms in total. The Hall–Kier alpha value is -2.94. The molecule has 0 aromatic heterocycles. The van der Waals surface area contributed by atoms with Gasteiger partial charge < -0.3 is 4.90 Å². The van der Waals surface area contributed by atoms with Crippen molar-refractivity contribution >= 4 is 28.2 Å². The van der Waals surface area contributed by atoms with E-state index in [1.807, 2.05) is 60.7 Å². The fourth-order valence-electron chi connectivity index (χ4n) is 3.28. The van der Waals surface area contributed by atoms with Crippen LogP contribution >= 0.6 is 0 Å². The molecule has 0 radical (unpaired) electrons. The molecule has 4 rings (SSSR count). The molecule has 1 aliphatic rings. The number of ketones is 1. The molecule has 1 aliphatic heterocycles. The topological polar surface area (TPSA) is 37.4 Å². The lowest BCUT2D eigenvalue weighted by atomic mass is 9.98. The standard InChI is InChI=1S/C20H15NO2/c1-13(22)15-10-11-18-19-16(15)8-5-9-17(19)20(23)21(18)12-14-6-3-2-4-7-14/h2-11H,12H2,1H3. The summed E-state index contributed by atoms with van der Waals surface area (Å²) >= 11 is 0. The summed E-state index contributed by atoms with van der Waals surface area (Å²) in [6.45, 7) is 2.09. The summed E-state index contributed by atoms with van der Waals surface area (Å²) in [4.78, 5) is 26.5. The molecule has 0 bridgehead atoms. The van der Waals surface area contributed by atoms with Crippen LogP contribution in [0, 0.1) is 0 Å². The lowest BCUT2D eigenvalue weighted by Gasteiger charge is -2.18. The van der Waals surface area contributed by atoms with Crippen LogP contribution in [-0.4, -0.2) is 11.7 Å². The summed E-state index contributed by atoms with van der Waals surface area (Å²) in [6, 6.07) is 19.2. The molecule has 3 aromatic rings. The Bertz CT molecular complexity index is 945. The van der Waals surface area contributed by atoms with Crippen LogP contribution in [0.2, 0.25) is 0 Å². The molecule has 0 fully saturated rings. The average molecular weight is 301 g/mol. The van der Waals surface area contributed by atoms with Gasteiger partial charge >= 0.3 is 0 Å². The number of hydrogen-bond acceptors (Lipinski definition) is 2. The third-order valence-electron chi connectivity index (χ3n) is 4.35. The number of benzene rings is 3. The van der Waals surface area contributed by atoms with Crippen LogP contribution in [0.15, 0.2) is 60.7 Å². The quantitative estimate of drug-likeness (QED) is 0.680. The summed E-state index contributed by atoms with van der Waals surface area (Å²) in [5, 5.41) is 1.75. The maximum Gasteiger partial charge on any atom is 0.259 e. The Morgan fingerprint density at radius 1 is 0.957 bits per heavy atom. The third kappa shape index (κ3) is 2.05. The lowest BCUT2D eigenvalue weighted by molar-refractivity contribution is 0.0989. The van der Waals surface area contributed by atoms with Crippen molar-refractivity contribution in [1.29, 1.82) is 0 Å². The van der Waals surface area contributed by atoms with Crippen molar-refractivity contribution < 1.29 is 9.59 Å². The second-order valence-electron chi connectivity index (χ2n) is 5.79. The summed E-state index contributed by atoms with van der Waals surface area (Å²) < 4.78 is 0. The monoisotopic (exact) mass is 301 g/mol. The van der Waals surface area contributed by atoms with Crippen LogP contribution in [-0.2, 0) is 6.54 Å². The molecule has 0 atom stereocenters. The SMILES string of the molecule is CC(=O)c1ccc2c3c(cccc13)C(=O)N2Cc1ccccc1. The molecule has 3 aromatic carbocycles. The van der Waals surface area contributed by atoms with E-state index in [0.717, 1.165) is 22.0 Å². The molecule has 1 amide bonds. The third-order valence-corrected chi connectivity index (χ3v) is 4.35. The maximum atomic E-state index is 12.8. The summed E-state index contributed by atoms with van der Waals surface area (Å²) in [7, 11) is 0. The number of hydrogen-bond donors (Lipinski definition) is 0. The molecule has 112 valence electrons. The molecule has 3 heteroatoms. The predicted molar refractivity (Wildman–Crippen MR) is 90.9 cm³/mol. The Kier molecular flexibility index (Phi) is 3.01. The first kappa shape index (κ1) is 13.7. The fourth-order valence-corrected chi connectivity index (χ4v) is 3.28. The smallest absolute Gasteiger partial charge is 0.259 e. The van der Waals surface area contributed by atoms with Gasteiger partial charge in [-0.3, -0.25) is 9.59 Å². The van der Waals surface area contributed by atoms with Crippen molar-refractivity contribution in [2.75, 3.05) is 4.90 Å². The highest BCUT2D eigenvalue weighted by atomic mass is 16.2. The normalized spacial score (nSPS) is 12.9. The van der Waals surface area contributed by atoms with E-state index in [0.29, 0.717) is 17.7 Å². The largest absolute Gasteiger partial charge is 0.303 e. The van der Waals surface area contributed by atoms with Gasteiger partial charge in [-0.25, -0.2) is 0 Å². The highest BCUT2D eigenvalue weighted by molar-refractivity contribution is 6.27. The summed E-state index contributed by atoms with van der Waals surface area (Å²) in [5.74, 6) is 0.0119. The molecule has 0 saturated carbocycles. The van der Waals surface area contributed by atoms with Crippen molar-refractivity contribution in [2.24, 2.45) is 0 Å². The van der Waals surface area contributed by atoms with Crippen LogP contribution in [0.1, 0.15) is 33.2 Å². The first-order chi connectivity index (χ1) is 11.2. The molecule has 0 N–H and O–H groups in total. The molecule has 0 spiro atoms. The minimum Gasteiger partial charge on any atom is -0.303 e. The molecule has 23 heavy (non-hydrogen) atoms. The lowest BCUT2D eigenvalue weighted by Crippen LogP contribution is -2.25. The Morgan fingerprint density at radius 3 is 2.48 bits per heavy atom. The van der Waals surface area contributed by atoms with Crippen molar-refractivity contribution in [3.63, 3.8) is 0 Å². The minimum atomic E-state index is -0.00449. The van der Waals surface area contributed by atoms with E-state index in [9.17, 15) is 9.59 Å². The number of nitrogens with zero attached hydrogens (tertiary/aromatic N) is 1. The number of amides is 1. The molecule has 0 aliphatic carbocycles. The van der Waals surface area contributed by atoms with Gasteiger partial charge in [0.05, 0.1) is 12.2 Å². The van der Waals surface area contributed by atoms with Crippen LogP contribution in [0.4, 0.5) is 5.69 Å². The van der Waals surface area contributed by atoms with Crippen molar-refractivity contribution in [3.05, 3.63) is 77.4 Å². The second kappa shape index (κ2) is 5.06. The highest BCUT2D eigenvalue weighted by Crippen LogP contribution is 2.39. The van der Waals surface area contributed by atoms with Gasteiger partial charge in [0.15, 0.2) is 5.78 Å². The molecule has 0 unspecified atom stereocenters. The van der Waals surface area contributed by atoms with Gasteiger partial charge in [0.2, 0.25) is 0 Å². The van der Waals surface area contributed by atoms with Crippen molar-refractivity contribution in [2.45, 2.75) is 13.5 Å². The van der Waals surface area contributed by atoms with E-state index < -0.39 is 0 Å². The van der Waals surface area contributed by atoms with Crippen LogP contribution < -0.4 is 4.90 Å². The zero-order valence-electron chi connectivity index (χ0n) is 12.7. The number of rotatable bonds is 3. The minimum absolute atomic E-state index is 0.00449. The molecular formula is C20H15NO2. The van der Waals surface area contributed by atoms with Crippen LogP contribution in [0.3, 0.4) is 0 Å². The van der Waals surface area contributed by atoms with Gasteiger partial charge in [0.1, 0.15) is 0 Å². The fraction of sp³-hybridized carbons (Fsp3) is 0.100. The van der Waals surface area contributed by atoms with E-state index in [1.165, 1.54) is 0 Å². The average Bonchev–Trinajstić information content (AvgIpc) is 2.84. The number of carbonyl (C=O) groups excluding carboxylic acids is 2. The van der Waals surface area contributed by atoms with E-state index in [1.54, 1.807) is 11.8 Å². The summed E-state index contributed by atoms with van der Waals surface area (Å²) in [6.07, 6.45) is 0. The Morgan fingerprint density at radius 2 is 1.74 bits per heavy atom. The zero-order chi connectivity index (χ0) is 16.0. The molecular weight excluding hydrogens is 286 g/mol.